The van der Waals surface area contributed by atoms with Crippen LogP contribution in [0.25, 0.3) is 0 Å². The van der Waals surface area contributed by atoms with E-state index in [1.807, 2.05) is 44.2 Å². The minimum Gasteiger partial charge on any atom is -0.507 e. The van der Waals surface area contributed by atoms with Gasteiger partial charge in [-0.25, -0.2) is 19.2 Å². The molecule has 0 spiro atoms. The molecule has 12 heteroatoms. The molecule has 2 aromatic rings. The van der Waals surface area contributed by atoms with Gasteiger partial charge in [-0.05, 0) is 67.2 Å². The van der Waals surface area contributed by atoms with Gasteiger partial charge in [0.1, 0.15) is 43.5 Å². The van der Waals surface area contributed by atoms with E-state index in [1.54, 1.807) is 31.4 Å². The fraction of sp³-hybridized carbons (Fsp3) is 0.429. The highest BCUT2D eigenvalue weighted by Gasteiger charge is 2.28. The van der Waals surface area contributed by atoms with Gasteiger partial charge in [-0.3, -0.25) is 0 Å². The Balaban J connectivity index is 0.000000327. The van der Waals surface area contributed by atoms with Gasteiger partial charge >= 0.3 is 23.9 Å². The summed E-state index contributed by atoms with van der Waals surface area (Å²) in [5.74, 6) is -1.97. The first-order valence-corrected chi connectivity index (χ1v) is 20.7. The van der Waals surface area contributed by atoms with Crippen molar-refractivity contribution in [1.29, 1.82) is 0 Å². The first kappa shape index (κ1) is 49.8. The molecular formula is C49H62O12. The third kappa shape index (κ3) is 17.5. The molecule has 2 aromatic carbocycles. The van der Waals surface area contributed by atoms with Crippen molar-refractivity contribution in [2.45, 2.75) is 96.6 Å². The summed E-state index contributed by atoms with van der Waals surface area (Å²) < 4.78 is 32.4. The van der Waals surface area contributed by atoms with Crippen molar-refractivity contribution < 1.29 is 57.8 Å². The summed E-state index contributed by atoms with van der Waals surface area (Å²) in [6.07, 6.45) is 18.9. The van der Waals surface area contributed by atoms with Gasteiger partial charge in [-0.1, -0.05) is 106 Å². The fourth-order valence-electron chi connectivity index (χ4n) is 6.73. The van der Waals surface area contributed by atoms with E-state index < -0.39 is 36.2 Å². The van der Waals surface area contributed by atoms with Gasteiger partial charge in [0.25, 0.3) is 0 Å². The molecule has 0 aliphatic carbocycles. The Morgan fingerprint density at radius 1 is 0.770 bits per heavy atom. The van der Waals surface area contributed by atoms with Crippen LogP contribution in [0.2, 0.25) is 0 Å². The van der Waals surface area contributed by atoms with E-state index >= 15 is 0 Å². The molecular weight excluding hydrogens is 781 g/mol. The number of carbonyl (C=O) groups is 4. The lowest BCUT2D eigenvalue weighted by Crippen LogP contribution is -2.31. The summed E-state index contributed by atoms with van der Waals surface area (Å²) in [5, 5.41) is 20.7. The smallest absolute Gasteiger partial charge is 0.342 e. The van der Waals surface area contributed by atoms with Crippen molar-refractivity contribution in [3.8, 4) is 5.75 Å². The van der Waals surface area contributed by atoms with Gasteiger partial charge in [-0.15, -0.1) is 0 Å². The average Bonchev–Trinajstić information content (AvgIpc) is 3.22. The number of phenolic OH excluding ortho intramolecular Hbond substituents is 1. The maximum Gasteiger partial charge on any atom is 0.342 e. The number of rotatable bonds is 13. The number of carbonyl (C=O) groups excluding carboxylic acids is 4. The molecule has 330 valence electrons. The lowest BCUT2D eigenvalue weighted by Gasteiger charge is -2.28. The molecule has 12 nitrogen and oxygen atoms in total. The maximum atomic E-state index is 13.2. The van der Waals surface area contributed by atoms with Crippen molar-refractivity contribution in [1.82, 2.24) is 0 Å². The van der Waals surface area contributed by atoms with E-state index in [4.69, 9.17) is 28.4 Å². The first-order valence-electron chi connectivity index (χ1n) is 20.7. The molecule has 0 amide bonds. The van der Waals surface area contributed by atoms with E-state index in [0.29, 0.717) is 43.2 Å². The van der Waals surface area contributed by atoms with Crippen LogP contribution in [0.1, 0.15) is 89.8 Å². The number of ether oxygens (including phenoxy) is 6. The Labute approximate surface area is 360 Å². The van der Waals surface area contributed by atoms with Crippen LogP contribution in [0.15, 0.2) is 110 Å². The predicted octanol–water partition coefficient (Wildman–Crippen LogP) is 8.20. The summed E-state index contributed by atoms with van der Waals surface area (Å²) in [4.78, 5) is 49.3. The second-order valence-corrected chi connectivity index (χ2v) is 15.0. The number of aromatic hydroxyl groups is 1. The molecule has 2 unspecified atom stereocenters. The number of benzene rings is 2. The highest BCUT2D eigenvalue weighted by Crippen LogP contribution is 2.28. The van der Waals surface area contributed by atoms with Crippen molar-refractivity contribution in [3.63, 3.8) is 0 Å². The number of hydrogen-bond donors (Lipinski definition) is 2. The molecule has 2 aliphatic heterocycles. The van der Waals surface area contributed by atoms with Gasteiger partial charge in [0.15, 0.2) is 0 Å². The van der Waals surface area contributed by atoms with E-state index in [2.05, 4.69) is 32.2 Å². The number of aliphatic hydroxyl groups is 1. The lowest BCUT2D eigenvalue weighted by molar-refractivity contribution is -0.137. The largest absolute Gasteiger partial charge is 0.507 e. The number of allylic oxidation sites excluding steroid dienone is 4. The monoisotopic (exact) mass is 842 g/mol. The van der Waals surface area contributed by atoms with Crippen LogP contribution in [0, 0.1) is 18.8 Å². The Kier molecular flexibility index (Phi) is 22.3. The van der Waals surface area contributed by atoms with Crippen LogP contribution >= 0.6 is 0 Å². The highest BCUT2D eigenvalue weighted by atomic mass is 16.7. The second kappa shape index (κ2) is 27.3. The minimum atomic E-state index is -0.679. The summed E-state index contributed by atoms with van der Waals surface area (Å²) in [7, 11) is 1.58. The van der Waals surface area contributed by atoms with E-state index in [-0.39, 0.29) is 68.1 Å². The molecule has 2 heterocycles. The zero-order valence-corrected chi connectivity index (χ0v) is 35.9. The average molecular weight is 843 g/mol. The number of fused-ring (bicyclic) bond motifs is 2. The predicted molar refractivity (Wildman–Crippen MR) is 233 cm³/mol. The zero-order valence-electron chi connectivity index (χ0n) is 35.9. The second-order valence-electron chi connectivity index (χ2n) is 15.0. The van der Waals surface area contributed by atoms with E-state index in [1.165, 1.54) is 30.4 Å². The molecule has 6 atom stereocenters. The third-order valence-corrected chi connectivity index (χ3v) is 10.2. The number of cyclic esters (lactones) is 2. The van der Waals surface area contributed by atoms with Crippen LogP contribution in [-0.4, -0.2) is 85.6 Å². The molecule has 61 heavy (non-hydrogen) atoms. The van der Waals surface area contributed by atoms with E-state index in [9.17, 15) is 29.4 Å². The summed E-state index contributed by atoms with van der Waals surface area (Å²) in [5.41, 5.74) is 3.20. The zero-order chi connectivity index (χ0) is 44.6. The number of aliphatic hydroxyl groups excluding tert-OH is 1. The normalized spacial score (nSPS) is 23.4. The number of aryl methyl sites for hydroxylation is 1. The third-order valence-electron chi connectivity index (χ3n) is 10.2. The fourth-order valence-corrected chi connectivity index (χ4v) is 6.73. The standard InChI is InChI=1S/C26H34O6.C23H28O6/c1-5-16-30-24(27)15-9-14-22-17-23(31-18-29-4)19(2)10-6-7-12-21-13-8-11-20(3)25(21)26(28)32-22;1-3-14-28-21(26)13-7-11-18-15-20(25)16(2)8-4-5-9-17-10-6-12-19(24)22(17)23(27)29-18/h5-9,11,13,15,19,22-23H,1,10,12,14,16-18H2,2-4H3;3-7,10,12-13,16,18,20,24-25H,1,8-9,11,14-15H2,2H3/b7-6+,15-9+;5-4+,13-7+/t19-,22?,23+;16-,18?,20+/m00/s1. The molecule has 0 bridgehead atoms. The van der Waals surface area contributed by atoms with Crippen molar-refractivity contribution in [2.75, 3.05) is 27.1 Å². The molecule has 2 aliphatic rings. The molecule has 0 fully saturated rings. The summed E-state index contributed by atoms with van der Waals surface area (Å²) in [6, 6.07) is 10.7. The van der Waals surface area contributed by atoms with Gasteiger partial charge in [0.05, 0.1) is 17.8 Å². The number of methoxy groups -OCH3 is 1. The van der Waals surface area contributed by atoms with Gasteiger partial charge in [0, 0.05) is 44.9 Å². The topological polar surface area (TPSA) is 164 Å². The summed E-state index contributed by atoms with van der Waals surface area (Å²) >= 11 is 0. The number of phenols is 1. The van der Waals surface area contributed by atoms with Crippen LogP contribution < -0.4 is 0 Å². The van der Waals surface area contributed by atoms with Crippen LogP contribution in [0.4, 0.5) is 0 Å². The molecule has 0 radical (unpaired) electrons. The SMILES string of the molecule is C=CCOC(=O)/C=C/CC1C[C@@H](O)[C@@H](C)C/C=C/Cc2cccc(O)c2C(=O)O1.C=CCOC(=O)/C=C/CC1C[C@@H](OCOC)[C@@H](C)C/C=C/Cc2cccc(C)c2C(=O)O1. The maximum absolute atomic E-state index is 13.2. The molecule has 0 saturated heterocycles. The summed E-state index contributed by atoms with van der Waals surface area (Å²) in [6.45, 7) is 13.4. The minimum absolute atomic E-state index is 0.0166. The Morgan fingerprint density at radius 3 is 1.87 bits per heavy atom. The van der Waals surface area contributed by atoms with Crippen LogP contribution in [-0.2, 0) is 50.9 Å². The van der Waals surface area contributed by atoms with Crippen LogP contribution in [0.5, 0.6) is 5.75 Å². The molecule has 0 aromatic heterocycles. The quantitative estimate of drug-likeness (QED) is 0.0654. The number of esters is 4. The first-order chi connectivity index (χ1) is 29.4. The van der Waals surface area contributed by atoms with Gasteiger partial charge in [-0.2, -0.15) is 0 Å². The molecule has 0 saturated carbocycles. The van der Waals surface area contributed by atoms with E-state index in [0.717, 1.165) is 17.5 Å². The van der Waals surface area contributed by atoms with Gasteiger partial charge < -0.3 is 38.6 Å². The Bertz CT molecular complexity index is 1870. The Hall–Kier alpha value is -5.56. The van der Waals surface area contributed by atoms with Crippen molar-refractivity contribution >= 4 is 23.9 Å². The van der Waals surface area contributed by atoms with Crippen molar-refractivity contribution in [3.05, 3.63) is 138 Å². The van der Waals surface area contributed by atoms with Crippen molar-refractivity contribution in [2.24, 2.45) is 11.8 Å². The Morgan fingerprint density at radius 2 is 1.30 bits per heavy atom. The molecule has 4 rings (SSSR count). The van der Waals surface area contributed by atoms with Crippen LogP contribution in [0.3, 0.4) is 0 Å². The number of hydrogen-bond acceptors (Lipinski definition) is 12. The van der Waals surface area contributed by atoms with Gasteiger partial charge in [0.2, 0.25) is 0 Å². The molecule has 2 N–H and O–H groups in total. The highest BCUT2D eigenvalue weighted by molar-refractivity contribution is 5.94. The lowest BCUT2D eigenvalue weighted by atomic mass is 9.93.